The zero-order valence-electron chi connectivity index (χ0n) is 14.1. The molecule has 5 nitrogen and oxygen atoms in total. The number of hydrogen-bond acceptors (Lipinski definition) is 5. The van der Waals surface area contributed by atoms with Gasteiger partial charge in [0.25, 0.3) is 0 Å². The smallest absolute Gasteiger partial charge is 0.127 e. The SMILES string of the molecule is CCN1CCN(C(CO)c2ccc(OC)cc2OC)C(C)C1. The summed E-state index contributed by atoms with van der Waals surface area (Å²) in [6.07, 6.45) is 0. The third-order valence-corrected chi connectivity index (χ3v) is 4.58. The van der Waals surface area contributed by atoms with Crippen LogP contribution >= 0.6 is 0 Å². The first-order valence-electron chi connectivity index (χ1n) is 7.95. The Hall–Kier alpha value is -1.30. The van der Waals surface area contributed by atoms with Crippen molar-refractivity contribution in [3.05, 3.63) is 23.8 Å². The Balaban J connectivity index is 2.24. The highest BCUT2D eigenvalue weighted by Gasteiger charge is 2.31. The molecular weight excluding hydrogens is 280 g/mol. The molecule has 1 saturated heterocycles. The third-order valence-electron chi connectivity index (χ3n) is 4.58. The summed E-state index contributed by atoms with van der Waals surface area (Å²) in [4.78, 5) is 4.82. The predicted octanol–water partition coefficient (Wildman–Crippen LogP) is 1.76. The summed E-state index contributed by atoms with van der Waals surface area (Å²) in [7, 11) is 3.30. The summed E-state index contributed by atoms with van der Waals surface area (Å²) in [6.45, 7) is 8.60. The fourth-order valence-corrected chi connectivity index (χ4v) is 3.27. The fourth-order valence-electron chi connectivity index (χ4n) is 3.27. The number of ether oxygens (including phenoxy) is 2. The van der Waals surface area contributed by atoms with Crippen molar-refractivity contribution < 1.29 is 14.6 Å². The van der Waals surface area contributed by atoms with Crippen LogP contribution in [0.15, 0.2) is 18.2 Å². The van der Waals surface area contributed by atoms with Crippen molar-refractivity contribution in [2.45, 2.75) is 25.9 Å². The van der Waals surface area contributed by atoms with Crippen LogP contribution in [0, 0.1) is 0 Å². The van der Waals surface area contributed by atoms with E-state index in [1.54, 1.807) is 14.2 Å². The lowest BCUT2D eigenvalue weighted by atomic mass is 10.0. The molecular formula is C17H28N2O3. The molecule has 1 aromatic carbocycles. The van der Waals surface area contributed by atoms with Crippen LogP contribution in [0.2, 0.25) is 0 Å². The maximum absolute atomic E-state index is 9.98. The van der Waals surface area contributed by atoms with E-state index in [9.17, 15) is 5.11 Å². The molecule has 2 rings (SSSR count). The normalized spacial score (nSPS) is 21.6. The Labute approximate surface area is 133 Å². The molecule has 0 aromatic heterocycles. The molecule has 0 bridgehead atoms. The highest BCUT2D eigenvalue weighted by molar-refractivity contribution is 5.42. The van der Waals surface area contributed by atoms with E-state index in [1.807, 2.05) is 18.2 Å². The van der Waals surface area contributed by atoms with Crippen LogP contribution in [0.25, 0.3) is 0 Å². The molecule has 0 saturated carbocycles. The zero-order chi connectivity index (χ0) is 16.1. The van der Waals surface area contributed by atoms with E-state index in [-0.39, 0.29) is 12.6 Å². The average Bonchev–Trinajstić information content (AvgIpc) is 2.56. The Kier molecular flexibility index (Phi) is 6.06. The van der Waals surface area contributed by atoms with Crippen molar-refractivity contribution in [3.63, 3.8) is 0 Å². The molecule has 1 N–H and O–H groups in total. The highest BCUT2D eigenvalue weighted by Crippen LogP contribution is 2.34. The first-order chi connectivity index (χ1) is 10.6. The van der Waals surface area contributed by atoms with Crippen LogP contribution in [0.4, 0.5) is 0 Å². The first kappa shape index (κ1) is 17.1. The minimum atomic E-state index is -0.0464. The van der Waals surface area contributed by atoms with Crippen LogP contribution in [0.5, 0.6) is 11.5 Å². The molecule has 124 valence electrons. The topological polar surface area (TPSA) is 45.2 Å². The summed E-state index contributed by atoms with van der Waals surface area (Å²) in [5.74, 6) is 1.53. The van der Waals surface area contributed by atoms with Gasteiger partial charge in [-0.2, -0.15) is 0 Å². The van der Waals surface area contributed by atoms with Crippen molar-refractivity contribution >= 4 is 0 Å². The van der Waals surface area contributed by atoms with Gasteiger partial charge in [-0.3, -0.25) is 4.90 Å². The van der Waals surface area contributed by atoms with Crippen LogP contribution in [-0.4, -0.2) is 68.0 Å². The van der Waals surface area contributed by atoms with Gasteiger partial charge in [-0.25, -0.2) is 0 Å². The lowest BCUT2D eigenvalue weighted by Gasteiger charge is -2.43. The van der Waals surface area contributed by atoms with E-state index >= 15 is 0 Å². The second-order valence-corrected chi connectivity index (χ2v) is 5.79. The second kappa shape index (κ2) is 7.81. The van der Waals surface area contributed by atoms with Gasteiger partial charge in [-0.05, 0) is 25.6 Å². The summed E-state index contributed by atoms with van der Waals surface area (Å²) < 4.78 is 10.8. The number of likely N-dealkylation sites (N-methyl/N-ethyl adjacent to an activating group) is 1. The van der Waals surface area contributed by atoms with E-state index in [1.165, 1.54) is 0 Å². The number of methoxy groups -OCH3 is 2. The summed E-state index contributed by atoms with van der Waals surface area (Å²) in [5.41, 5.74) is 1.02. The molecule has 1 aliphatic rings. The maximum Gasteiger partial charge on any atom is 0.127 e. The largest absolute Gasteiger partial charge is 0.497 e. The molecule has 0 spiro atoms. The van der Waals surface area contributed by atoms with Crippen molar-refractivity contribution in [2.75, 3.05) is 47.0 Å². The van der Waals surface area contributed by atoms with Crippen molar-refractivity contribution in [1.82, 2.24) is 9.80 Å². The molecule has 1 aromatic rings. The van der Waals surface area contributed by atoms with Gasteiger partial charge in [0.1, 0.15) is 11.5 Å². The van der Waals surface area contributed by atoms with Crippen LogP contribution in [0.3, 0.4) is 0 Å². The van der Waals surface area contributed by atoms with Crippen molar-refractivity contribution in [2.24, 2.45) is 0 Å². The summed E-state index contributed by atoms with van der Waals surface area (Å²) in [5, 5.41) is 9.98. The predicted molar refractivity (Wildman–Crippen MR) is 87.7 cm³/mol. The summed E-state index contributed by atoms with van der Waals surface area (Å²) >= 11 is 0. The molecule has 0 radical (unpaired) electrons. The molecule has 2 unspecified atom stereocenters. The van der Waals surface area contributed by atoms with Gasteiger partial charge in [-0.1, -0.05) is 6.92 Å². The van der Waals surface area contributed by atoms with Gasteiger partial charge >= 0.3 is 0 Å². The zero-order valence-corrected chi connectivity index (χ0v) is 14.1. The van der Waals surface area contributed by atoms with Crippen molar-refractivity contribution in [3.8, 4) is 11.5 Å². The lowest BCUT2D eigenvalue weighted by Crippen LogP contribution is -2.53. The lowest BCUT2D eigenvalue weighted by molar-refractivity contribution is 0.0262. The van der Waals surface area contributed by atoms with Crippen molar-refractivity contribution in [1.29, 1.82) is 0 Å². The number of rotatable bonds is 6. The van der Waals surface area contributed by atoms with Gasteiger partial charge < -0.3 is 19.5 Å². The number of piperazine rings is 1. The standard InChI is InChI=1S/C17H28N2O3/c1-5-18-8-9-19(13(2)11-18)16(12-20)15-7-6-14(21-3)10-17(15)22-4/h6-7,10,13,16,20H,5,8-9,11-12H2,1-4H3. The first-order valence-corrected chi connectivity index (χ1v) is 7.95. The molecule has 1 heterocycles. The van der Waals surface area contributed by atoms with E-state index in [0.29, 0.717) is 6.04 Å². The summed E-state index contributed by atoms with van der Waals surface area (Å²) in [6, 6.07) is 6.16. The quantitative estimate of drug-likeness (QED) is 0.868. The van der Waals surface area contributed by atoms with Gasteiger partial charge in [-0.15, -0.1) is 0 Å². The minimum Gasteiger partial charge on any atom is -0.497 e. The minimum absolute atomic E-state index is 0.0464. The van der Waals surface area contributed by atoms with Crippen LogP contribution in [-0.2, 0) is 0 Å². The monoisotopic (exact) mass is 308 g/mol. The Morgan fingerprint density at radius 3 is 2.59 bits per heavy atom. The second-order valence-electron chi connectivity index (χ2n) is 5.79. The van der Waals surface area contributed by atoms with Gasteiger partial charge in [0.05, 0.1) is 26.9 Å². The van der Waals surface area contributed by atoms with E-state index in [0.717, 1.165) is 43.2 Å². The van der Waals surface area contributed by atoms with Gasteiger partial charge in [0.15, 0.2) is 0 Å². The highest BCUT2D eigenvalue weighted by atomic mass is 16.5. The van der Waals surface area contributed by atoms with E-state index in [2.05, 4.69) is 23.6 Å². The molecule has 0 aliphatic carbocycles. The third kappa shape index (κ3) is 3.54. The molecule has 22 heavy (non-hydrogen) atoms. The van der Waals surface area contributed by atoms with Crippen LogP contribution in [0.1, 0.15) is 25.5 Å². The van der Waals surface area contributed by atoms with Gasteiger partial charge in [0.2, 0.25) is 0 Å². The number of hydrogen-bond donors (Lipinski definition) is 1. The fraction of sp³-hybridized carbons (Fsp3) is 0.647. The number of nitrogens with zero attached hydrogens (tertiary/aromatic N) is 2. The average molecular weight is 308 g/mol. The Morgan fingerprint density at radius 2 is 2.05 bits per heavy atom. The van der Waals surface area contributed by atoms with E-state index < -0.39 is 0 Å². The van der Waals surface area contributed by atoms with E-state index in [4.69, 9.17) is 9.47 Å². The Bertz CT molecular complexity index is 481. The molecule has 5 heteroatoms. The maximum atomic E-state index is 9.98. The molecule has 0 amide bonds. The number of benzene rings is 1. The van der Waals surface area contributed by atoms with Gasteiger partial charge in [0, 0.05) is 37.3 Å². The molecule has 1 fully saturated rings. The van der Waals surface area contributed by atoms with Crippen LogP contribution < -0.4 is 9.47 Å². The molecule has 2 atom stereocenters. The Morgan fingerprint density at radius 1 is 1.27 bits per heavy atom. The molecule has 1 aliphatic heterocycles. The number of aliphatic hydroxyl groups excluding tert-OH is 1. The number of aliphatic hydroxyl groups is 1.